The fraction of sp³-hybridized carbons (Fsp3) is 0.769. The van der Waals surface area contributed by atoms with Gasteiger partial charge in [0.25, 0.3) is 0 Å². The van der Waals surface area contributed by atoms with Gasteiger partial charge >= 0.3 is 5.69 Å². The minimum absolute atomic E-state index is 0.109. The van der Waals surface area contributed by atoms with E-state index in [9.17, 15) is 4.79 Å². The summed E-state index contributed by atoms with van der Waals surface area (Å²) >= 11 is 0. The molecule has 0 saturated heterocycles. The SMILES string of the molecule is CCCn1ccn(CCCC(C)(C)CN)c1=O. The van der Waals surface area contributed by atoms with E-state index in [1.54, 1.807) is 9.13 Å². The number of aromatic nitrogens is 2. The average Bonchev–Trinajstić information content (AvgIpc) is 2.62. The Kier molecular flexibility index (Phi) is 5.00. The predicted molar refractivity (Wildman–Crippen MR) is 71.1 cm³/mol. The van der Waals surface area contributed by atoms with Crippen molar-refractivity contribution < 1.29 is 0 Å². The molecule has 1 aromatic heterocycles. The number of hydrogen-bond donors (Lipinski definition) is 1. The highest BCUT2D eigenvalue weighted by molar-refractivity contribution is 4.81. The summed E-state index contributed by atoms with van der Waals surface area (Å²) in [6.07, 6.45) is 6.80. The second-order valence-electron chi connectivity index (χ2n) is 5.44. The topological polar surface area (TPSA) is 52.9 Å². The summed E-state index contributed by atoms with van der Waals surface area (Å²) < 4.78 is 3.57. The summed E-state index contributed by atoms with van der Waals surface area (Å²) in [6.45, 7) is 8.70. The Hall–Kier alpha value is -1.03. The van der Waals surface area contributed by atoms with Crippen molar-refractivity contribution in [1.82, 2.24) is 9.13 Å². The van der Waals surface area contributed by atoms with Crippen molar-refractivity contribution in [2.24, 2.45) is 11.1 Å². The highest BCUT2D eigenvalue weighted by Crippen LogP contribution is 2.20. The molecule has 1 aromatic rings. The van der Waals surface area contributed by atoms with Crippen molar-refractivity contribution in [2.75, 3.05) is 6.54 Å². The van der Waals surface area contributed by atoms with E-state index in [1.165, 1.54) is 0 Å². The zero-order valence-electron chi connectivity index (χ0n) is 11.3. The third-order valence-electron chi connectivity index (χ3n) is 3.19. The van der Waals surface area contributed by atoms with Gasteiger partial charge in [0, 0.05) is 25.5 Å². The third kappa shape index (κ3) is 4.04. The fourth-order valence-electron chi connectivity index (χ4n) is 1.86. The van der Waals surface area contributed by atoms with Crippen LogP contribution in [0.1, 0.15) is 40.0 Å². The Labute approximate surface area is 103 Å². The lowest BCUT2D eigenvalue weighted by Gasteiger charge is -2.21. The Morgan fingerprint density at radius 1 is 1.24 bits per heavy atom. The zero-order chi connectivity index (χ0) is 12.9. The minimum Gasteiger partial charge on any atom is -0.330 e. The van der Waals surface area contributed by atoms with Crippen LogP contribution in [0.3, 0.4) is 0 Å². The highest BCUT2D eigenvalue weighted by atomic mass is 16.1. The highest BCUT2D eigenvalue weighted by Gasteiger charge is 2.14. The van der Waals surface area contributed by atoms with Crippen molar-refractivity contribution in [3.8, 4) is 0 Å². The summed E-state index contributed by atoms with van der Waals surface area (Å²) in [7, 11) is 0. The number of imidazole rings is 1. The van der Waals surface area contributed by atoms with E-state index in [-0.39, 0.29) is 11.1 Å². The molecule has 4 nitrogen and oxygen atoms in total. The Morgan fingerprint density at radius 2 is 1.82 bits per heavy atom. The first-order chi connectivity index (χ1) is 8.00. The maximum absolute atomic E-state index is 11.9. The summed E-state index contributed by atoms with van der Waals surface area (Å²) in [4.78, 5) is 11.9. The van der Waals surface area contributed by atoms with Gasteiger partial charge in [-0.05, 0) is 31.2 Å². The van der Waals surface area contributed by atoms with Gasteiger partial charge < -0.3 is 5.73 Å². The molecule has 0 unspecified atom stereocenters. The van der Waals surface area contributed by atoms with Gasteiger partial charge in [-0.15, -0.1) is 0 Å². The number of nitrogens with two attached hydrogens (primary N) is 1. The van der Waals surface area contributed by atoms with Crippen molar-refractivity contribution in [3.05, 3.63) is 22.9 Å². The minimum atomic E-state index is 0.109. The first kappa shape index (κ1) is 14.0. The van der Waals surface area contributed by atoms with Gasteiger partial charge in [0.05, 0.1) is 0 Å². The molecular weight excluding hydrogens is 214 g/mol. The van der Waals surface area contributed by atoms with E-state index in [0.717, 1.165) is 32.4 Å². The number of hydrogen-bond acceptors (Lipinski definition) is 2. The zero-order valence-corrected chi connectivity index (χ0v) is 11.3. The van der Waals surface area contributed by atoms with E-state index < -0.39 is 0 Å². The standard InChI is InChI=1S/C13H25N3O/c1-4-7-15-9-10-16(12(15)17)8-5-6-13(2,3)11-14/h9-10H,4-8,11,14H2,1-3H3. The van der Waals surface area contributed by atoms with Gasteiger partial charge in [-0.3, -0.25) is 9.13 Å². The van der Waals surface area contributed by atoms with Gasteiger partial charge in [-0.1, -0.05) is 20.8 Å². The molecule has 0 radical (unpaired) electrons. The van der Waals surface area contributed by atoms with Crippen LogP contribution < -0.4 is 11.4 Å². The molecule has 0 saturated carbocycles. The Balaban J connectivity index is 2.50. The quantitative estimate of drug-likeness (QED) is 0.789. The van der Waals surface area contributed by atoms with Crippen LogP contribution in [-0.4, -0.2) is 15.7 Å². The summed E-state index contributed by atoms with van der Waals surface area (Å²) in [6, 6.07) is 0. The van der Waals surface area contributed by atoms with Crippen molar-refractivity contribution in [1.29, 1.82) is 0 Å². The van der Waals surface area contributed by atoms with Crippen LogP contribution >= 0.6 is 0 Å². The van der Waals surface area contributed by atoms with Gasteiger partial charge in [0.15, 0.2) is 0 Å². The molecule has 17 heavy (non-hydrogen) atoms. The fourth-order valence-corrected chi connectivity index (χ4v) is 1.86. The first-order valence-corrected chi connectivity index (χ1v) is 6.46. The van der Waals surface area contributed by atoms with Gasteiger partial charge in [0.2, 0.25) is 0 Å². The van der Waals surface area contributed by atoms with Crippen LogP contribution in [0.5, 0.6) is 0 Å². The molecule has 0 spiro atoms. The number of nitrogens with zero attached hydrogens (tertiary/aromatic N) is 2. The Bertz CT molecular complexity index is 390. The first-order valence-electron chi connectivity index (χ1n) is 6.46. The van der Waals surface area contributed by atoms with Gasteiger partial charge in [-0.2, -0.15) is 0 Å². The van der Waals surface area contributed by atoms with Crippen LogP contribution in [-0.2, 0) is 13.1 Å². The molecule has 98 valence electrons. The normalized spacial score (nSPS) is 12.0. The van der Waals surface area contributed by atoms with Crippen LogP contribution in [0.2, 0.25) is 0 Å². The average molecular weight is 239 g/mol. The lowest BCUT2D eigenvalue weighted by Crippen LogP contribution is -2.26. The molecule has 2 N–H and O–H groups in total. The largest absolute Gasteiger partial charge is 0.330 e. The predicted octanol–water partition coefficient (Wildman–Crippen LogP) is 1.82. The van der Waals surface area contributed by atoms with E-state index in [1.807, 2.05) is 12.4 Å². The molecule has 0 aliphatic heterocycles. The molecule has 0 fully saturated rings. The van der Waals surface area contributed by atoms with E-state index >= 15 is 0 Å². The molecule has 0 amide bonds. The van der Waals surface area contributed by atoms with Crippen LogP contribution in [0.25, 0.3) is 0 Å². The molecular formula is C13H25N3O. The maximum Gasteiger partial charge on any atom is 0.328 e. The molecule has 1 heterocycles. The third-order valence-corrected chi connectivity index (χ3v) is 3.19. The van der Waals surface area contributed by atoms with E-state index in [0.29, 0.717) is 6.54 Å². The molecule has 4 heteroatoms. The molecule has 1 rings (SSSR count). The molecule has 0 aromatic carbocycles. The smallest absolute Gasteiger partial charge is 0.328 e. The number of aryl methyl sites for hydroxylation is 2. The van der Waals surface area contributed by atoms with Crippen molar-refractivity contribution in [3.63, 3.8) is 0 Å². The summed E-state index contributed by atoms with van der Waals surface area (Å²) in [5.41, 5.74) is 5.97. The lowest BCUT2D eigenvalue weighted by atomic mass is 9.88. The second kappa shape index (κ2) is 6.05. The van der Waals surface area contributed by atoms with Crippen LogP contribution in [0.15, 0.2) is 17.2 Å². The van der Waals surface area contributed by atoms with Crippen molar-refractivity contribution >= 4 is 0 Å². The van der Waals surface area contributed by atoms with Crippen LogP contribution in [0.4, 0.5) is 0 Å². The summed E-state index contributed by atoms with van der Waals surface area (Å²) in [5.74, 6) is 0. The molecule has 0 aliphatic rings. The number of rotatable bonds is 7. The van der Waals surface area contributed by atoms with Gasteiger partial charge in [-0.25, -0.2) is 4.79 Å². The van der Waals surface area contributed by atoms with E-state index in [4.69, 9.17) is 5.73 Å². The summed E-state index contributed by atoms with van der Waals surface area (Å²) in [5, 5.41) is 0. The second-order valence-corrected chi connectivity index (χ2v) is 5.44. The van der Waals surface area contributed by atoms with E-state index in [2.05, 4.69) is 20.8 Å². The molecule has 0 atom stereocenters. The maximum atomic E-state index is 11.9. The van der Waals surface area contributed by atoms with Gasteiger partial charge in [0.1, 0.15) is 0 Å². The Morgan fingerprint density at radius 3 is 2.35 bits per heavy atom. The molecule has 0 bridgehead atoms. The lowest BCUT2D eigenvalue weighted by molar-refractivity contribution is 0.326. The monoisotopic (exact) mass is 239 g/mol. The molecule has 0 aliphatic carbocycles. The van der Waals surface area contributed by atoms with Crippen molar-refractivity contribution in [2.45, 2.75) is 53.1 Å². The van der Waals surface area contributed by atoms with Crippen LogP contribution in [0, 0.1) is 5.41 Å².